The summed E-state index contributed by atoms with van der Waals surface area (Å²) in [6, 6.07) is 4.60. The molecular formula is C17H22ClFO2. The Bertz CT molecular complexity index is 494. The molecule has 1 saturated heterocycles. The van der Waals surface area contributed by atoms with Crippen molar-refractivity contribution in [3.63, 3.8) is 0 Å². The van der Waals surface area contributed by atoms with E-state index in [1.54, 1.807) is 6.07 Å². The zero-order chi connectivity index (χ0) is 14.9. The van der Waals surface area contributed by atoms with Gasteiger partial charge in [-0.3, -0.25) is 0 Å². The molecule has 2 unspecified atom stereocenters. The summed E-state index contributed by atoms with van der Waals surface area (Å²) in [5, 5.41) is 10.7. The zero-order valence-electron chi connectivity index (χ0n) is 12.2. The third-order valence-corrected chi connectivity index (χ3v) is 5.33. The van der Waals surface area contributed by atoms with Crippen molar-refractivity contribution in [2.75, 3.05) is 6.61 Å². The maximum Gasteiger partial charge on any atom is 0.142 e. The highest BCUT2D eigenvalue weighted by Gasteiger charge is 2.40. The lowest BCUT2D eigenvalue weighted by molar-refractivity contribution is -0.134. The number of aliphatic hydroxyl groups is 1. The van der Waals surface area contributed by atoms with E-state index in [1.165, 1.54) is 31.4 Å². The Balaban J connectivity index is 1.74. The van der Waals surface area contributed by atoms with Crippen LogP contribution < -0.4 is 0 Å². The topological polar surface area (TPSA) is 29.5 Å². The van der Waals surface area contributed by atoms with Crippen molar-refractivity contribution in [3.8, 4) is 0 Å². The van der Waals surface area contributed by atoms with Gasteiger partial charge in [-0.2, -0.15) is 0 Å². The number of benzene rings is 1. The molecule has 116 valence electrons. The average Bonchev–Trinajstić information content (AvgIpc) is 2.50. The minimum Gasteiger partial charge on any atom is -0.388 e. The molecule has 1 N–H and O–H groups in total. The molecule has 1 aromatic rings. The minimum atomic E-state index is -0.639. The van der Waals surface area contributed by atoms with Gasteiger partial charge in [-0.25, -0.2) is 4.39 Å². The molecule has 0 radical (unpaired) electrons. The Kier molecular flexibility index (Phi) is 4.53. The van der Waals surface area contributed by atoms with E-state index in [-0.39, 0.29) is 16.5 Å². The predicted octanol–water partition coefficient (Wildman–Crippen LogP) is 4.64. The summed E-state index contributed by atoms with van der Waals surface area (Å²) in [6.45, 7) is 0.692. The van der Waals surface area contributed by atoms with Gasteiger partial charge in [0.15, 0.2) is 0 Å². The molecule has 1 aromatic carbocycles. The maximum absolute atomic E-state index is 13.6. The second-order valence-corrected chi connectivity index (χ2v) is 6.87. The second-order valence-electron chi connectivity index (χ2n) is 6.46. The van der Waals surface area contributed by atoms with E-state index in [9.17, 15) is 9.50 Å². The van der Waals surface area contributed by atoms with Crippen molar-refractivity contribution >= 4 is 11.6 Å². The van der Waals surface area contributed by atoms with Crippen LogP contribution in [0.15, 0.2) is 18.2 Å². The van der Waals surface area contributed by atoms with Crippen LogP contribution >= 0.6 is 11.6 Å². The molecule has 2 aliphatic rings. The summed E-state index contributed by atoms with van der Waals surface area (Å²) in [4.78, 5) is 0. The van der Waals surface area contributed by atoms with Crippen LogP contribution in [0.25, 0.3) is 0 Å². The van der Waals surface area contributed by atoms with Crippen LogP contribution in [-0.2, 0) is 4.74 Å². The fourth-order valence-corrected chi connectivity index (χ4v) is 3.97. The molecule has 0 bridgehead atoms. The van der Waals surface area contributed by atoms with E-state index in [0.29, 0.717) is 12.2 Å². The molecule has 21 heavy (non-hydrogen) atoms. The molecule has 0 amide bonds. The molecular weight excluding hydrogens is 291 g/mol. The summed E-state index contributed by atoms with van der Waals surface area (Å²) < 4.78 is 19.6. The Morgan fingerprint density at radius 3 is 2.76 bits per heavy atom. The summed E-state index contributed by atoms with van der Waals surface area (Å²) in [5.74, 6) is -0.329. The van der Waals surface area contributed by atoms with Crippen LogP contribution in [0.3, 0.4) is 0 Å². The smallest absolute Gasteiger partial charge is 0.142 e. The second kappa shape index (κ2) is 6.23. The largest absolute Gasteiger partial charge is 0.388 e. The molecule has 1 heterocycles. The highest BCUT2D eigenvalue weighted by Crippen LogP contribution is 2.44. The first-order valence-corrected chi connectivity index (χ1v) is 8.24. The van der Waals surface area contributed by atoms with Gasteiger partial charge in [0.25, 0.3) is 0 Å². The lowest BCUT2D eigenvalue weighted by Gasteiger charge is -2.44. The van der Waals surface area contributed by atoms with Crippen molar-refractivity contribution in [1.29, 1.82) is 0 Å². The standard InChI is InChI=1S/C17H22ClFO2/c18-14-5-4-12(10-15(14)19)16(20)13-6-9-21-17(11-13)7-2-1-3-8-17/h4-5,10,13,16,20H,1-3,6-9,11H2. The third kappa shape index (κ3) is 3.25. The van der Waals surface area contributed by atoms with Gasteiger partial charge in [0.05, 0.1) is 16.7 Å². The fourth-order valence-electron chi connectivity index (χ4n) is 3.85. The van der Waals surface area contributed by atoms with Gasteiger partial charge in [0, 0.05) is 6.61 Å². The Morgan fingerprint density at radius 1 is 1.29 bits per heavy atom. The molecule has 3 rings (SSSR count). The third-order valence-electron chi connectivity index (χ3n) is 5.03. The SMILES string of the molecule is OC(c1ccc(Cl)c(F)c1)C1CCOC2(CCCCC2)C1. The van der Waals surface area contributed by atoms with Gasteiger partial charge in [-0.05, 0) is 49.3 Å². The molecule has 1 saturated carbocycles. The number of halogens is 2. The maximum atomic E-state index is 13.6. The number of hydrogen-bond acceptors (Lipinski definition) is 2. The molecule has 1 aliphatic carbocycles. The number of hydrogen-bond donors (Lipinski definition) is 1. The summed E-state index contributed by atoms with van der Waals surface area (Å²) in [7, 11) is 0. The van der Waals surface area contributed by atoms with Gasteiger partial charge < -0.3 is 9.84 Å². The number of aliphatic hydroxyl groups excluding tert-OH is 1. The lowest BCUT2D eigenvalue weighted by Crippen LogP contribution is -2.42. The van der Waals surface area contributed by atoms with E-state index >= 15 is 0 Å². The molecule has 1 aliphatic heterocycles. The zero-order valence-corrected chi connectivity index (χ0v) is 12.9. The fraction of sp³-hybridized carbons (Fsp3) is 0.647. The van der Waals surface area contributed by atoms with Crippen LogP contribution in [-0.4, -0.2) is 17.3 Å². The van der Waals surface area contributed by atoms with Gasteiger partial charge in [-0.15, -0.1) is 0 Å². The van der Waals surface area contributed by atoms with Gasteiger partial charge >= 0.3 is 0 Å². The molecule has 2 nitrogen and oxygen atoms in total. The van der Waals surface area contributed by atoms with Crippen molar-refractivity contribution in [2.24, 2.45) is 5.92 Å². The van der Waals surface area contributed by atoms with E-state index in [0.717, 1.165) is 25.7 Å². The van der Waals surface area contributed by atoms with Crippen molar-refractivity contribution in [1.82, 2.24) is 0 Å². The highest BCUT2D eigenvalue weighted by atomic mass is 35.5. The molecule has 4 heteroatoms. The van der Waals surface area contributed by atoms with Crippen molar-refractivity contribution in [3.05, 3.63) is 34.6 Å². The van der Waals surface area contributed by atoms with Crippen LogP contribution in [0.4, 0.5) is 4.39 Å². The lowest BCUT2D eigenvalue weighted by atomic mass is 9.74. The van der Waals surface area contributed by atoms with E-state index in [2.05, 4.69) is 0 Å². The Morgan fingerprint density at radius 2 is 2.05 bits per heavy atom. The van der Waals surface area contributed by atoms with Crippen LogP contribution in [0.5, 0.6) is 0 Å². The predicted molar refractivity (Wildman–Crippen MR) is 80.9 cm³/mol. The summed E-state index contributed by atoms with van der Waals surface area (Å²) in [5.41, 5.74) is 0.572. The van der Waals surface area contributed by atoms with Crippen LogP contribution in [0.1, 0.15) is 56.6 Å². The Labute approximate surface area is 130 Å². The molecule has 2 atom stereocenters. The molecule has 1 spiro atoms. The first-order valence-electron chi connectivity index (χ1n) is 7.87. The van der Waals surface area contributed by atoms with Gasteiger partial charge in [0.2, 0.25) is 0 Å². The van der Waals surface area contributed by atoms with Crippen molar-refractivity contribution in [2.45, 2.75) is 56.7 Å². The van der Waals surface area contributed by atoms with E-state index < -0.39 is 11.9 Å². The quantitative estimate of drug-likeness (QED) is 0.862. The monoisotopic (exact) mass is 312 g/mol. The van der Waals surface area contributed by atoms with Gasteiger partial charge in [0.1, 0.15) is 5.82 Å². The minimum absolute atomic E-state index is 0.0485. The first kappa shape index (κ1) is 15.3. The molecule has 2 fully saturated rings. The molecule has 0 aromatic heterocycles. The van der Waals surface area contributed by atoms with Gasteiger partial charge in [-0.1, -0.05) is 36.9 Å². The highest BCUT2D eigenvalue weighted by molar-refractivity contribution is 6.30. The van der Waals surface area contributed by atoms with Crippen LogP contribution in [0.2, 0.25) is 5.02 Å². The number of ether oxygens (including phenoxy) is 1. The first-order chi connectivity index (χ1) is 10.1. The number of rotatable bonds is 2. The van der Waals surface area contributed by atoms with E-state index in [1.807, 2.05) is 0 Å². The normalized spacial score (nSPS) is 26.7. The summed E-state index contributed by atoms with van der Waals surface area (Å²) >= 11 is 5.71. The average molecular weight is 313 g/mol. The summed E-state index contributed by atoms with van der Waals surface area (Å²) in [6.07, 6.45) is 6.93. The van der Waals surface area contributed by atoms with E-state index in [4.69, 9.17) is 16.3 Å². The van der Waals surface area contributed by atoms with Crippen LogP contribution in [0, 0.1) is 11.7 Å². The Hall–Kier alpha value is -0.640. The van der Waals surface area contributed by atoms with Crippen molar-refractivity contribution < 1.29 is 14.2 Å².